The molecule has 1 heteroatoms. The lowest BCUT2D eigenvalue weighted by Crippen LogP contribution is -2.32. The lowest BCUT2D eigenvalue weighted by atomic mass is 10.0. The molecule has 0 aromatic heterocycles. The van der Waals surface area contributed by atoms with Crippen LogP contribution in [0.2, 0.25) is 0 Å². The van der Waals surface area contributed by atoms with E-state index in [-0.39, 0.29) is 0 Å². The molecule has 0 fully saturated rings. The maximum absolute atomic E-state index is 3.55. The van der Waals surface area contributed by atoms with Crippen molar-refractivity contribution in [3.8, 4) is 0 Å². The zero-order chi connectivity index (χ0) is 9.56. The summed E-state index contributed by atoms with van der Waals surface area (Å²) < 4.78 is 0. The first-order chi connectivity index (χ1) is 5.57. The molecule has 0 radical (unpaired) electrons. The van der Waals surface area contributed by atoms with Crippen molar-refractivity contribution in [3.05, 3.63) is 0 Å². The summed E-state index contributed by atoms with van der Waals surface area (Å²) >= 11 is 0. The molecule has 2 atom stereocenters. The van der Waals surface area contributed by atoms with E-state index in [0.717, 1.165) is 11.8 Å². The van der Waals surface area contributed by atoms with Crippen LogP contribution in [0.4, 0.5) is 0 Å². The summed E-state index contributed by atoms with van der Waals surface area (Å²) in [7, 11) is 0. The van der Waals surface area contributed by atoms with Crippen LogP contribution < -0.4 is 5.32 Å². The lowest BCUT2D eigenvalue weighted by molar-refractivity contribution is 0.398. The molecule has 1 nitrogen and oxygen atoms in total. The Bertz CT molecular complexity index is 99.2. The topological polar surface area (TPSA) is 12.0 Å². The van der Waals surface area contributed by atoms with E-state index in [9.17, 15) is 0 Å². The smallest absolute Gasteiger partial charge is 0.00617 e. The first-order valence-electron chi connectivity index (χ1n) is 5.31. The molecule has 12 heavy (non-hydrogen) atoms. The van der Waals surface area contributed by atoms with Crippen LogP contribution in [-0.4, -0.2) is 12.6 Å². The summed E-state index contributed by atoms with van der Waals surface area (Å²) in [5.74, 6) is 1.62. The van der Waals surface area contributed by atoms with Gasteiger partial charge in [-0.2, -0.15) is 0 Å². The third kappa shape index (κ3) is 5.59. The van der Waals surface area contributed by atoms with E-state index in [1.165, 1.54) is 19.4 Å². The van der Waals surface area contributed by atoms with Gasteiger partial charge in [0.05, 0.1) is 0 Å². The van der Waals surface area contributed by atoms with Crippen molar-refractivity contribution >= 4 is 0 Å². The fraction of sp³-hybridized carbons (Fsp3) is 1.00. The van der Waals surface area contributed by atoms with Crippen LogP contribution in [0.1, 0.15) is 47.5 Å². The van der Waals surface area contributed by atoms with Crippen LogP contribution in [0.3, 0.4) is 0 Å². The molecule has 74 valence electrons. The van der Waals surface area contributed by atoms with Crippen molar-refractivity contribution in [2.45, 2.75) is 53.5 Å². The van der Waals surface area contributed by atoms with E-state index in [4.69, 9.17) is 0 Å². The van der Waals surface area contributed by atoms with E-state index < -0.39 is 0 Å². The number of hydrogen-bond acceptors (Lipinski definition) is 1. The molecule has 0 aromatic carbocycles. The van der Waals surface area contributed by atoms with Gasteiger partial charge >= 0.3 is 0 Å². The molecule has 0 aliphatic rings. The lowest BCUT2D eigenvalue weighted by Gasteiger charge is -2.18. The zero-order valence-corrected chi connectivity index (χ0v) is 9.35. The van der Waals surface area contributed by atoms with Gasteiger partial charge in [-0.3, -0.25) is 0 Å². The second-order valence-electron chi connectivity index (χ2n) is 4.29. The molecule has 0 amide bonds. The van der Waals surface area contributed by atoms with Gasteiger partial charge in [0, 0.05) is 6.04 Å². The first-order valence-corrected chi connectivity index (χ1v) is 5.31. The molecule has 0 bridgehead atoms. The highest BCUT2D eigenvalue weighted by Gasteiger charge is 2.05. The van der Waals surface area contributed by atoms with Crippen molar-refractivity contribution in [2.75, 3.05) is 6.54 Å². The number of hydrogen-bond donors (Lipinski definition) is 1. The minimum Gasteiger partial charge on any atom is -0.314 e. The Morgan fingerprint density at radius 2 is 1.67 bits per heavy atom. The van der Waals surface area contributed by atoms with Crippen LogP contribution in [0.25, 0.3) is 0 Å². The van der Waals surface area contributed by atoms with Crippen molar-refractivity contribution < 1.29 is 0 Å². The van der Waals surface area contributed by atoms with Crippen LogP contribution >= 0.6 is 0 Å². The molecule has 0 aliphatic heterocycles. The van der Waals surface area contributed by atoms with E-state index in [1.807, 2.05) is 0 Å². The molecule has 0 aliphatic carbocycles. The highest BCUT2D eigenvalue weighted by molar-refractivity contribution is 4.64. The van der Waals surface area contributed by atoms with Gasteiger partial charge in [-0.15, -0.1) is 0 Å². The van der Waals surface area contributed by atoms with Gasteiger partial charge in [-0.25, -0.2) is 0 Å². The Morgan fingerprint density at radius 3 is 2.08 bits per heavy atom. The van der Waals surface area contributed by atoms with Gasteiger partial charge in [-0.1, -0.05) is 34.1 Å². The largest absolute Gasteiger partial charge is 0.314 e. The zero-order valence-electron chi connectivity index (χ0n) is 9.35. The predicted molar refractivity (Wildman–Crippen MR) is 56.4 cm³/mol. The first kappa shape index (κ1) is 12.0. The van der Waals surface area contributed by atoms with E-state index in [0.29, 0.717) is 6.04 Å². The predicted octanol–water partition coefficient (Wildman–Crippen LogP) is 3.06. The quantitative estimate of drug-likeness (QED) is 0.647. The third-order valence-electron chi connectivity index (χ3n) is 2.80. The fourth-order valence-corrected chi connectivity index (χ4v) is 0.997. The van der Waals surface area contributed by atoms with Crippen LogP contribution in [0, 0.1) is 11.8 Å². The Balaban J connectivity index is 3.30. The third-order valence-corrected chi connectivity index (χ3v) is 2.80. The summed E-state index contributed by atoms with van der Waals surface area (Å²) in [6.07, 6.45) is 2.62. The normalized spacial score (nSPS) is 16.5. The van der Waals surface area contributed by atoms with Crippen molar-refractivity contribution in [1.29, 1.82) is 0 Å². The van der Waals surface area contributed by atoms with Gasteiger partial charge in [0.2, 0.25) is 0 Å². The number of nitrogens with one attached hydrogen (secondary N) is 1. The Hall–Kier alpha value is -0.0400. The minimum absolute atomic E-state index is 0.661. The maximum Gasteiger partial charge on any atom is 0.00617 e. The average Bonchev–Trinajstić information content (AvgIpc) is 2.03. The number of rotatable bonds is 6. The van der Waals surface area contributed by atoms with Crippen LogP contribution in [0.15, 0.2) is 0 Å². The molecule has 0 rings (SSSR count). The highest BCUT2D eigenvalue weighted by atomic mass is 14.9. The summed E-state index contributed by atoms with van der Waals surface area (Å²) in [5, 5.41) is 3.55. The standard InChI is InChI=1S/C11H25N/c1-6-10(4)7-8-12-11(5)9(2)3/h9-12H,6-8H2,1-5H3/t10-,11?/m1/s1. The van der Waals surface area contributed by atoms with E-state index >= 15 is 0 Å². The second kappa shape index (κ2) is 6.47. The van der Waals surface area contributed by atoms with Gasteiger partial charge in [-0.05, 0) is 31.7 Å². The summed E-state index contributed by atoms with van der Waals surface area (Å²) in [4.78, 5) is 0. The fourth-order valence-electron chi connectivity index (χ4n) is 0.997. The minimum atomic E-state index is 0.661. The van der Waals surface area contributed by atoms with Gasteiger partial charge in [0.25, 0.3) is 0 Å². The summed E-state index contributed by atoms with van der Waals surface area (Å²) in [6.45, 7) is 12.6. The Morgan fingerprint density at radius 1 is 1.08 bits per heavy atom. The van der Waals surface area contributed by atoms with Crippen molar-refractivity contribution in [3.63, 3.8) is 0 Å². The average molecular weight is 171 g/mol. The molecule has 1 N–H and O–H groups in total. The van der Waals surface area contributed by atoms with Crippen LogP contribution in [-0.2, 0) is 0 Å². The molecule has 0 aromatic rings. The SMILES string of the molecule is CC[C@@H](C)CCNC(C)C(C)C. The highest BCUT2D eigenvalue weighted by Crippen LogP contribution is 2.06. The van der Waals surface area contributed by atoms with E-state index in [2.05, 4.69) is 39.9 Å². The van der Waals surface area contributed by atoms with Crippen LogP contribution in [0.5, 0.6) is 0 Å². The van der Waals surface area contributed by atoms with Crippen molar-refractivity contribution in [2.24, 2.45) is 11.8 Å². The monoisotopic (exact) mass is 171 g/mol. The molecular formula is C11H25N. The summed E-state index contributed by atoms with van der Waals surface area (Å²) in [6, 6.07) is 0.661. The molecule has 0 heterocycles. The van der Waals surface area contributed by atoms with Gasteiger partial charge in [0.1, 0.15) is 0 Å². The molecule has 0 saturated carbocycles. The molecular weight excluding hydrogens is 146 g/mol. The Labute approximate surface area is 77.9 Å². The molecule has 1 unspecified atom stereocenters. The molecule has 0 spiro atoms. The van der Waals surface area contributed by atoms with E-state index in [1.54, 1.807) is 0 Å². The Kier molecular flexibility index (Phi) is 6.45. The molecule has 0 saturated heterocycles. The maximum atomic E-state index is 3.55. The summed E-state index contributed by atoms with van der Waals surface area (Å²) in [5.41, 5.74) is 0. The second-order valence-corrected chi connectivity index (χ2v) is 4.29. The van der Waals surface area contributed by atoms with Crippen molar-refractivity contribution in [1.82, 2.24) is 5.32 Å². The van der Waals surface area contributed by atoms with Gasteiger partial charge in [0.15, 0.2) is 0 Å². The van der Waals surface area contributed by atoms with Gasteiger partial charge < -0.3 is 5.32 Å².